The van der Waals surface area contributed by atoms with Gasteiger partial charge in [-0.1, -0.05) is 30.0 Å². The van der Waals surface area contributed by atoms with Gasteiger partial charge in [-0.3, -0.25) is 4.79 Å². The van der Waals surface area contributed by atoms with Gasteiger partial charge in [-0.25, -0.2) is 0 Å². The monoisotopic (exact) mass is 235 g/mol. The molecule has 86 valence electrons. The summed E-state index contributed by atoms with van der Waals surface area (Å²) < 4.78 is 1.96. The van der Waals surface area contributed by atoms with E-state index in [-0.39, 0.29) is 16.7 Å². The molecule has 2 nitrogen and oxygen atoms in total. The second-order valence-electron chi connectivity index (χ2n) is 4.91. The lowest BCUT2D eigenvalue weighted by molar-refractivity contribution is 0.532. The highest BCUT2D eigenvalue weighted by Crippen LogP contribution is 2.28. The molecule has 0 N–H and O–H groups in total. The molecule has 1 aromatic heterocycles. The van der Waals surface area contributed by atoms with E-state index in [0.717, 1.165) is 25.7 Å². The Labute approximate surface area is 102 Å². The van der Waals surface area contributed by atoms with Crippen molar-refractivity contribution in [2.75, 3.05) is 0 Å². The summed E-state index contributed by atoms with van der Waals surface area (Å²) in [4.78, 5) is 13.3. The van der Waals surface area contributed by atoms with Crippen LogP contribution in [0.4, 0.5) is 0 Å². The first-order valence-corrected chi connectivity index (χ1v) is 6.90. The highest BCUT2D eigenvalue weighted by atomic mass is 32.1. The van der Waals surface area contributed by atoms with Crippen LogP contribution in [0.25, 0.3) is 0 Å². The molecular weight excluding hydrogens is 217 g/mol. The van der Waals surface area contributed by atoms with Gasteiger partial charge in [0.15, 0.2) is 0 Å². The fourth-order valence-corrected chi connectivity index (χ4v) is 3.68. The number of nitrogens with zero attached hydrogens (tertiary/aromatic N) is 1. The maximum atomic E-state index is 11.9. The van der Waals surface area contributed by atoms with Crippen LogP contribution in [0.1, 0.15) is 49.7 Å². The smallest absolute Gasteiger partial charge is 0.300 e. The third-order valence-corrected chi connectivity index (χ3v) is 4.24. The van der Waals surface area contributed by atoms with Crippen molar-refractivity contribution in [3.05, 3.63) is 20.2 Å². The fourth-order valence-electron chi connectivity index (χ4n) is 2.44. The third-order valence-electron chi connectivity index (χ3n) is 3.22. The zero-order chi connectivity index (χ0) is 11.7. The average molecular weight is 235 g/mol. The van der Waals surface area contributed by atoms with Crippen molar-refractivity contribution >= 4 is 19.2 Å². The Morgan fingerprint density at radius 1 is 1.44 bits per heavy atom. The van der Waals surface area contributed by atoms with Crippen molar-refractivity contribution in [3.63, 3.8) is 0 Å². The highest BCUT2D eigenvalue weighted by molar-refractivity contribution is 7.09. The molecule has 0 amide bonds. The van der Waals surface area contributed by atoms with Crippen LogP contribution in [0.2, 0.25) is 5.82 Å². The van der Waals surface area contributed by atoms with Crippen LogP contribution in [-0.2, 0) is 12.8 Å². The Kier molecular flexibility index (Phi) is 3.58. The van der Waals surface area contributed by atoms with Crippen LogP contribution in [-0.4, -0.2) is 12.4 Å². The van der Waals surface area contributed by atoms with Gasteiger partial charge in [0, 0.05) is 16.6 Å². The summed E-state index contributed by atoms with van der Waals surface area (Å²) in [7, 11) is 6.05. The largest absolute Gasteiger partial charge is 0.307 e. The SMILES string of the molecule is [B]C1CCCCc2c(sc(=O)n2C(C)C)C1. The van der Waals surface area contributed by atoms with Gasteiger partial charge in [0.2, 0.25) is 0 Å². The standard InChI is InChI=1S/C12H18BNOS/c1-8(2)14-10-6-4-3-5-9(13)7-11(10)16-12(14)15/h8-9H,3-7H2,1-2H3. The zero-order valence-electron chi connectivity index (χ0n) is 10.0. The number of hydrogen-bond acceptors (Lipinski definition) is 2. The normalized spacial score (nSPS) is 21.6. The summed E-state index contributed by atoms with van der Waals surface area (Å²) >= 11 is 1.40. The van der Waals surface area contributed by atoms with Crippen LogP contribution in [0.5, 0.6) is 0 Å². The molecule has 0 saturated carbocycles. The van der Waals surface area contributed by atoms with E-state index in [0.29, 0.717) is 0 Å². The van der Waals surface area contributed by atoms with Gasteiger partial charge in [0.05, 0.1) is 7.85 Å². The molecule has 0 spiro atoms. The lowest BCUT2D eigenvalue weighted by Crippen LogP contribution is -2.19. The molecule has 16 heavy (non-hydrogen) atoms. The minimum atomic E-state index is 0.189. The summed E-state index contributed by atoms with van der Waals surface area (Å²) in [5.74, 6) is 0.234. The number of hydrogen-bond donors (Lipinski definition) is 0. The van der Waals surface area contributed by atoms with Crippen LogP contribution >= 0.6 is 11.3 Å². The number of aromatic nitrogens is 1. The van der Waals surface area contributed by atoms with Crippen molar-refractivity contribution in [3.8, 4) is 0 Å². The Balaban J connectivity index is 2.43. The van der Waals surface area contributed by atoms with Gasteiger partial charge in [-0.05, 0) is 33.1 Å². The molecule has 2 rings (SSSR count). The Morgan fingerprint density at radius 2 is 2.19 bits per heavy atom. The molecule has 0 bridgehead atoms. The average Bonchev–Trinajstić information content (AvgIpc) is 2.46. The lowest BCUT2D eigenvalue weighted by Gasteiger charge is -2.18. The van der Waals surface area contributed by atoms with E-state index in [1.807, 2.05) is 4.57 Å². The van der Waals surface area contributed by atoms with E-state index < -0.39 is 0 Å². The molecule has 1 heterocycles. The number of rotatable bonds is 1. The van der Waals surface area contributed by atoms with Crippen molar-refractivity contribution in [2.24, 2.45) is 0 Å². The van der Waals surface area contributed by atoms with Crippen LogP contribution in [0.3, 0.4) is 0 Å². The van der Waals surface area contributed by atoms with Crippen LogP contribution in [0.15, 0.2) is 4.79 Å². The molecule has 1 aliphatic carbocycles. The predicted octanol–water partition coefficient (Wildman–Crippen LogP) is 2.72. The van der Waals surface area contributed by atoms with Gasteiger partial charge >= 0.3 is 4.87 Å². The van der Waals surface area contributed by atoms with Crippen molar-refractivity contribution in [1.82, 2.24) is 4.57 Å². The van der Waals surface area contributed by atoms with E-state index in [9.17, 15) is 4.79 Å². The molecular formula is C12H18BNOS. The van der Waals surface area contributed by atoms with Crippen molar-refractivity contribution in [1.29, 1.82) is 0 Å². The minimum absolute atomic E-state index is 0.189. The van der Waals surface area contributed by atoms with Crippen molar-refractivity contribution in [2.45, 2.75) is 57.8 Å². The first kappa shape index (κ1) is 12.0. The fraction of sp³-hybridized carbons (Fsp3) is 0.750. The minimum Gasteiger partial charge on any atom is -0.300 e. The molecule has 1 aliphatic rings. The van der Waals surface area contributed by atoms with Crippen LogP contribution < -0.4 is 4.87 Å². The molecule has 4 heteroatoms. The third kappa shape index (κ3) is 2.27. The van der Waals surface area contributed by atoms with E-state index in [1.54, 1.807) is 0 Å². The number of fused-ring (bicyclic) bond motifs is 1. The summed E-state index contributed by atoms with van der Waals surface area (Å²) in [6, 6.07) is 0.267. The van der Waals surface area contributed by atoms with E-state index >= 15 is 0 Å². The Morgan fingerprint density at radius 3 is 2.88 bits per heavy atom. The molecule has 1 aromatic rings. The maximum Gasteiger partial charge on any atom is 0.307 e. The second kappa shape index (κ2) is 4.78. The molecule has 1 unspecified atom stereocenters. The van der Waals surface area contributed by atoms with Crippen LogP contribution in [0, 0.1) is 0 Å². The lowest BCUT2D eigenvalue weighted by atomic mass is 9.78. The molecule has 1 atom stereocenters. The van der Waals surface area contributed by atoms with E-state index in [4.69, 9.17) is 7.85 Å². The topological polar surface area (TPSA) is 22.0 Å². The molecule has 0 aliphatic heterocycles. The van der Waals surface area contributed by atoms with E-state index in [2.05, 4.69) is 13.8 Å². The quantitative estimate of drug-likeness (QED) is 0.686. The van der Waals surface area contributed by atoms with Gasteiger partial charge in [0.25, 0.3) is 0 Å². The summed E-state index contributed by atoms with van der Waals surface area (Å²) in [6.07, 6.45) is 5.35. The van der Waals surface area contributed by atoms with Crippen molar-refractivity contribution < 1.29 is 0 Å². The first-order valence-electron chi connectivity index (χ1n) is 6.08. The number of thiazole rings is 1. The summed E-state index contributed by atoms with van der Waals surface area (Å²) in [6.45, 7) is 4.15. The Hall–Kier alpha value is -0.505. The van der Waals surface area contributed by atoms with E-state index in [1.165, 1.54) is 28.3 Å². The molecule has 0 saturated heterocycles. The van der Waals surface area contributed by atoms with Gasteiger partial charge in [-0.2, -0.15) is 0 Å². The molecule has 0 aromatic carbocycles. The van der Waals surface area contributed by atoms with Gasteiger partial charge < -0.3 is 4.57 Å². The Bertz CT molecular complexity index is 421. The zero-order valence-corrected chi connectivity index (χ0v) is 10.8. The van der Waals surface area contributed by atoms with Gasteiger partial charge in [-0.15, -0.1) is 0 Å². The summed E-state index contributed by atoms with van der Waals surface area (Å²) in [5.41, 5.74) is 1.25. The summed E-state index contributed by atoms with van der Waals surface area (Å²) in [5, 5.41) is 0. The molecule has 0 fully saturated rings. The maximum absolute atomic E-state index is 11.9. The second-order valence-corrected chi connectivity index (χ2v) is 5.96. The predicted molar refractivity (Wildman–Crippen MR) is 69.7 cm³/mol. The first-order chi connectivity index (χ1) is 7.59. The highest BCUT2D eigenvalue weighted by Gasteiger charge is 2.19. The molecule has 2 radical (unpaired) electrons. The van der Waals surface area contributed by atoms with Gasteiger partial charge in [0.1, 0.15) is 0 Å².